The van der Waals surface area contributed by atoms with Crippen LogP contribution in [0.4, 0.5) is 0 Å². The fraction of sp³-hybridized carbons (Fsp3) is 1.00. The fourth-order valence-electron chi connectivity index (χ4n) is 1.37. The Morgan fingerprint density at radius 1 is 1.23 bits per heavy atom. The van der Waals surface area contributed by atoms with Crippen molar-refractivity contribution in [3.8, 4) is 0 Å². The van der Waals surface area contributed by atoms with Gasteiger partial charge in [-0.25, -0.2) is 0 Å². The number of likely N-dealkylation sites (N-methyl/N-ethyl adjacent to an activating group) is 1. The standard InChI is InChI=1S/C10H24N2O/c1-5-9(6-2)11-7-10(13)8-12(3)4/h9-11,13H,5-8H2,1-4H3. The highest BCUT2D eigenvalue weighted by atomic mass is 16.3. The van der Waals surface area contributed by atoms with Gasteiger partial charge in [-0.1, -0.05) is 13.8 Å². The van der Waals surface area contributed by atoms with E-state index in [1.807, 2.05) is 19.0 Å². The maximum atomic E-state index is 9.56. The van der Waals surface area contributed by atoms with E-state index >= 15 is 0 Å². The third-order valence-electron chi connectivity index (χ3n) is 2.20. The molecule has 0 heterocycles. The number of aliphatic hydroxyl groups excluding tert-OH is 1. The van der Waals surface area contributed by atoms with Crippen LogP contribution in [0.25, 0.3) is 0 Å². The Morgan fingerprint density at radius 3 is 2.15 bits per heavy atom. The monoisotopic (exact) mass is 188 g/mol. The van der Waals surface area contributed by atoms with E-state index in [1.54, 1.807) is 0 Å². The molecule has 0 saturated carbocycles. The summed E-state index contributed by atoms with van der Waals surface area (Å²) in [6.45, 7) is 5.76. The highest BCUT2D eigenvalue weighted by Crippen LogP contribution is 1.96. The molecule has 0 spiro atoms. The lowest BCUT2D eigenvalue weighted by atomic mass is 10.1. The molecule has 0 amide bonds. The Hall–Kier alpha value is -0.120. The number of hydrogen-bond donors (Lipinski definition) is 2. The van der Waals surface area contributed by atoms with Crippen LogP contribution in [-0.2, 0) is 0 Å². The summed E-state index contributed by atoms with van der Waals surface area (Å²) in [5.41, 5.74) is 0. The number of rotatable bonds is 7. The van der Waals surface area contributed by atoms with Crippen LogP contribution in [0.5, 0.6) is 0 Å². The molecule has 3 nitrogen and oxygen atoms in total. The van der Waals surface area contributed by atoms with E-state index < -0.39 is 0 Å². The third-order valence-corrected chi connectivity index (χ3v) is 2.20. The van der Waals surface area contributed by atoms with Gasteiger partial charge in [0.15, 0.2) is 0 Å². The Balaban J connectivity index is 3.49. The first-order chi connectivity index (χ1) is 6.10. The molecule has 80 valence electrons. The molecule has 0 aliphatic carbocycles. The second-order valence-electron chi connectivity index (χ2n) is 3.84. The average Bonchev–Trinajstić information content (AvgIpc) is 2.05. The summed E-state index contributed by atoms with van der Waals surface area (Å²) in [5, 5.41) is 12.9. The number of nitrogens with zero attached hydrogens (tertiary/aromatic N) is 1. The zero-order valence-corrected chi connectivity index (χ0v) is 9.38. The van der Waals surface area contributed by atoms with Crippen LogP contribution in [0.1, 0.15) is 26.7 Å². The molecular weight excluding hydrogens is 164 g/mol. The molecule has 1 atom stereocenters. The Kier molecular flexibility index (Phi) is 7.23. The van der Waals surface area contributed by atoms with E-state index in [0.29, 0.717) is 12.6 Å². The Labute approximate surface area is 82.1 Å². The summed E-state index contributed by atoms with van der Waals surface area (Å²) in [7, 11) is 3.95. The second-order valence-corrected chi connectivity index (χ2v) is 3.84. The minimum absolute atomic E-state index is 0.254. The van der Waals surface area contributed by atoms with Gasteiger partial charge in [0, 0.05) is 19.1 Å². The molecule has 0 bridgehead atoms. The van der Waals surface area contributed by atoms with E-state index in [9.17, 15) is 5.11 Å². The summed E-state index contributed by atoms with van der Waals surface area (Å²) in [5.74, 6) is 0. The molecule has 0 aromatic heterocycles. The molecule has 0 aromatic carbocycles. The lowest BCUT2D eigenvalue weighted by Crippen LogP contribution is -2.39. The maximum Gasteiger partial charge on any atom is 0.0791 e. The molecule has 0 fully saturated rings. The molecule has 0 radical (unpaired) electrons. The van der Waals surface area contributed by atoms with Crippen LogP contribution in [-0.4, -0.2) is 49.3 Å². The summed E-state index contributed by atoms with van der Waals surface area (Å²) < 4.78 is 0. The zero-order valence-electron chi connectivity index (χ0n) is 9.38. The minimum atomic E-state index is -0.254. The second kappa shape index (κ2) is 7.30. The first-order valence-electron chi connectivity index (χ1n) is 5.16. The minimum Gasteiger partial charge on any atom is -0.390 e. The molecule has 3 heteroatoms. The number of hydrogen-bond acceptors (Lipinski definition) is 3. The van der Waals surface area contributed by atoms with Crippen molar-refractivity contribution in [2.75, 3.05) is 27.2 Å². The Morgan fingerprint density at radius 2 is 1.77 bits per heavy atom. The van der Waals surface area contributed by atoms with Crippen LogP contribution in [0, 0.1) is 0 Å². The van der Waals surface area contributed by atoms with Crippen LogP contribution < -0.4 is 5.32 Å². The fourth-order valence-corrected chi connectivity index (χ4v) is 1.37. The Bertz CT molecular complexity index is 113. The molecule has 0 aliphatic heterocycles. The van der Waals surface area contributed by atoms with E-state index in [2.05, 4.69) is 19.2 Å². The topological polar surface area (TPSA) is 35.5 Å². The summed E-state index contributed by atoms with van der Waals surface area (Å²) in [4.78, 5) is 2.00. The summed E-state index contributed by atoms with van der Waals surface area (Å²) in [6.07, 6.45) is 2.01. The molecule has 0 aliphatic rings. The lowest BCUT2D eigenvalue weighted by Gasteiger charge is -2.20. The molecule has 0 rings (SSSR count). The third kappa shape index (κ3) is 6.99. The number of aliphatic hydroxyl groups is 1. The van der Waals surface area contributed by atoms with Crippen molar-refractivity contribution >= 4 is 0 Å². The van der Waals surface area contributed by atoms with E-state index in [4.69, 9.17) is 0 Å². The van der Waals surface area contributed by atoms with Crippen LogP contribution in [0.15, 0.2) is 0 Å². The van der Waals surface area contributed by atoms with Crippen molar-refractivity contribution in [1.82, 2.24) is 10.2 Å². The van der Waals surface area contributed by atoms with Gasteiger partial charge in [-0.15, -0.1) is 0 Å². The van der Waals surface area contributed by atoms with Crippen molar-refractivity contribution < 1.29 is 5.11 Å². The van der Waals surface area contributed by atoms with Gasteiger partial charge < -0.3 is 15.3 Å². The van der Waals surface area contributed by atoms with Crippen molar-refractivity contribution in [3.05, 3.63) is 0 Å². The SMILES string of the molecule is CCC(CC)NCC(O)CN(C)C. The number of nitrogens with one attached hydrogen (secondary N) is 1. The maximum absolute atomic E-state index is 9.56. The van der Waals surface area contributed by atoms with E-state index in [-0.39, 0.29) is 6.10 Å². The quantitative estimate of drug-likeness (QED) is 0.617. The van der Waals surface area contributed by atoms with Gasteiger partial charge in [-0.05, 0) is 26.9 Å². The van der Waals surface area contributed by atoms with Gasteiger partial charge in [0.2, 0.25) is 0 Å². The van der Waals surface area contributed by atoms with Crippen molar-refractivity contribution in [2.45, 2.75) is 38.8 Å². The van der Waals surface area contributed by atoms with Gasteiger partial charge >= 0.3 is 0 Å². The molecule has 1 unspecified atom stereocenters. The van der Waals surface area contributed by atoms with Crippen LogP contribution in [0.3, 0.4) is 0 Å². The van der Waals surface area contributed by atoms with Crippen molar-refractivity contribution in [2.24, 2.45) is 0 Å². The normalized spacial score (nSPS) is 14.1. The predicted molar refractivity (Wildman–Crippen MR) is 56.9 cm³/mol. The van der Waals surface area contributed by atoms with Gasteiger partial charge in [0.25, 0.3) is 0 Å². The average molecular weight is 188 g/mol. The molecule has 13 heavy (non-hydrogen) atoms. The smallest absolute Gasteiger partial charge is 0.0791 e. The van der Waals surface area contributed by atoms with Gasteiger partial charge in [-0.2, -0.15) is 0 Å². The molecular formula is C10H24N2O. The highest BCUT2D eigenvalue weighted by Gasteiger charge is 2.07. The van der Waals surface area contributed by atoms with Crippen LogP contribution in [0.2, 0.25) is 0 Å². The van der Waals surface area contributed by atoms with Crippen molar-refractivity contribution in [3.63, 3.8) is 0 Å². The predicted octanol–water partition coefficient (Wildman–Crippen LogP) is 0.687. The first-order valence-corrected chi connectivity index (χ1v) is 5.16. The largest absolute Gasteiger partial charge is 0.390 e. The zero-order chi connectivity index (χ0) is 10.3. The summed E-state index contributed by atoms with van der Waals surface area (Å²) >= 11 is 0. The lowest BCUT2D eigenvalue weighted by molar-refractivity contribution is 0.131. The van der Waals surface area contributed by atoms with Crippen LogP contribution >= 0.6 is 0 Å². The van der Waals surface area contributed by atoms with E-state index in [0.717, 1.165) is 19.4 Å². The molecule has 2 N–H and O–H groups in total. The van der Waals surface area contributed by atoms with Gasteiger partial charge in [-0.3, -0.25) is 0 Å². The highest BCUT2D eigenvalue weighted by molar-refractivity contribution is 4.67. The van der Waals surface area contributed by atoms with Crippen molar-refractivity contribution in [1.29, 1.82) is 0 Å². The van der Waals surface area contributed by atoms with Gasteiger partial charge in [0.05, 0.1) is 6.10 Å². The molecule has 0 saturated heterocycles. The molecule has 0 aromatic rings. The first kappa shape index (κ1) is 12.9. The van der Waals surface area contributed by atoms with E-state index in [1.165, 1.54) is 0 Å². The van der Waals surface area contributed by atoms with Gasteiger partial charge in [0.1, 0.15) is 0 Å². The summed E-state index contributed by atoms with van der Waals surface area (Å²) in [6, 6.07) is 0.553.